The van der Waals surface area contributed by atoms with Gasteiger partial charge in [-0.05, 0) is 18.9 Å². The number of guanidine groups is 1. The molecule has 1 fully saturated rings. The second-order valence-corrected chi connectivity index (χ2v) is 6.41. The van der Waals surface area contributed by atoms with Crippen LogP contribution in [0.15, 0.2) is 29.3 Å². The van der Waals surface area contributed by atoms with Gasteiger partial charge in [-0.15, -0.1) is 0 Å². The molecule has 1 aromatic carbocycles. The fourth-order valence-electron chi connectivity index (χ4n) is 2.90. The molecule has 1 aliphatic rings. The van der Waals surface area contributed by atoms with E-state index in [-0.39, 0.29) is 0 Å². The minimum absolute atomic E-state index is 0.549. The maximum absolute atomic E-state index is 5.41. The zero-order valence-corrected chi connectivity index (χ0v) is 15.8. The van der Waals surface area contributed by atoms with Crippen molar-refractivity contribution in [1.29, 1.82) is 0 Å². The second kappa shape index (κ2) is 10.9. The minimum atomic E-state index is 0.549. The van der Waals surface area contributed by atoms with Crippen molar-refractivity contribution in [1.82, 2.24) is 15.5 Å². The molecule has 0 radical (unpaired) electrons. The molecule has 1 aliphatic heterocycles. The molecule has 25 heavy (non-hydrogen) atoms. The highest BCUT2D eigenvalue weighted by Gasteiger charge is 2.14. The first-order chi connectivity index (χ1) is 12.2. The number of rotatable bonds is 8. The lowest BCUT2D eigenvalue weighted by atomic mass is 10.1. The summed E-state index contributed by atoms with van der Waals surface area (Å²) >= 11 is 0. The van der Waals surface area contributed by atoms with Crippen molar-refractivity contribution in [3.05, 3.63) is 29.8 Å². The van der Waals surface area contributed by atoms with Gasteiger partial charge in [-0.2, -0.15) is 0 Å². The third kappa shape index (κ3) is 6.92. The molecule has 0 spiro atoms. The largest absolute Gasteiger partial charge is 0.496 e. The predicted octanol–water partition coefficient (Wildman–Crippen LogP) is 1.72. The van der Waals surface area contributed by atoms with E-state index in [4.69, 9.17) is 14.5 Å². The molecule has 0 aromatic heterocycles. The van der Waals surface area contributed by atoms with Crippen molar-refractivity contribution in [2.75, 3.05) is 53.0 Å². The van der Waals surface area contributed by atoms with Crippen molar-refractivity contribution < 1.29 is 9.47 Å². The summed E-state index contributed by atoms with van der Waals surface area (Å²) in [7, 11) is 1.69. The second-order valence-electron chi connectivity index (χ2n) is 6.41. The van der Waals surface area contributed by atoms with Crippen LogP contribution in [0.3, 0.4) is 0 Å². The topological polar surface area (TPSA) is 58.1 Å². The number of hydrogen-bond acceptors (Lipinski definition) is 4. The number of aliphatic imine (C=N–C) groups is 1. The third-order valence-corrected chi connectivity index (χ3v) is 4.24. The summed E-state index contributed by atoms with van der Waals surface area (Å²) in [6.45, 7) is 11.5. The van der Waals surface area contributed by atoms with Gasteiger partial charge in [-0.25, -0.2) is 4.99 Å². The summed E-state index contributed by atoms with van der Waals surface area (Å²) in [5, 5.41) is 6.77. The number of methoxy groups -OCH3 is 1. The molecule has 0 aliphatic carbocycles. The monoisotopic (exact) mass is 348 g/mol. The van der Waals surface area contributed by atoms with Gasteiger partial charge in [0.15, 0.2) is 5.96 Å². The van der Waals surface area contributed by atoms with Crippen LogP contribution in [0.5, 0.6) is 5.75 Å². The standard InChI is InChI=1S/C19H32N4O2/c1-4-20-19(22-14-17-7-5-6-8-18(17)24-3)21-13-16(2)15-23-9-11-25-12-10-23/h5-8,16H,4,9-15H2,1-3H3,(H2,20,21,22). The average molecular weight is 348 g/mol. The van der Waals surface area contributed by atoms with Crippen LogP contribution in [0, 0.1) is 5.92 Å². The van der Waals surface area contributed by atoms with E-state index in [1.165, 1.54) is 0 Å². The number of nitrogens with one attached hydrogen (secondary N) is 2. The van der Waals surface area contributed by atoms with Crippen LogP contribution in [0.4, 0.5) is 0 Å². The SMILES string of the molecule is CCNC(=NCc1ccccc1OC)NCC(C)CN1CCOCC1. The number of para-hydroxylation sites is 1. The van der Waals surface area contributed by atoms with Gasteiger partial charge in [0.05, 0.1) is 26.9 Å². The van der Waals surface area contributed by atoms with Gasteiger partial charge in [-0.1, -0.05) is 25.1 Å². The van der Waals surface area contributed by atoms with Crippen molar-refractivity contribution in [3.8, 4) is 5.75 Å². The summed E-state index contributed by atoms with van der Waals surface area (Å²) in [6.07, 6.45) is 0. The molecule has 1 saturated heterocycles. The molecular weight excluding hydrogens is 316 g/mol. The first-order valence-electron chi connectivity index (χ1n) is 9.17. The molecule has 1 heterocycles. The van der Waals surface area contributed by atoms with Crippen molar-refractivity contribution >= 4 is 5.96 Å². The van der Waals surface area contributed by atoms with Crippen LogP contribution in [0.1, 0.15) is 19.4 Å². The van der Waals surface area contributed by atoms with Crippen LogP contribution >= 0.6 is 0 Å². The van der Waals surface area contributed by atoms with Gasteiger partial charge in [0.1, 0.15) is 5.75 Å². The van der Waals surface area contributed by atoms with E-state index < -0.39 is 0 Å². The van der Waals surface area contributed by atoms with E-state index in [1.807, 2.05) is 24.3 Å². The first-order valence-corrected chi connectivity index (χ1v) is 9.17. The van der Waals surface area contributed by atoms with Crippen molar-refractivity contribution in [2.24, 2.45) is 10.9 Å². The Morgan fingerprint density at radius 1 is 1.28 bits per heavy atom. The molecule has 0 amide bonds. The van der Waals surface area contributed by atoms with Gasteiger partial charge >= 0.3 is 0 Å². The van der Waals surface area contributed by atoms with Gasteiger partial charge < -0.3 is 20.1 Å². The Kier molecular flexibility index (Phi) is 8.55. The summed E-state index contributed by atoms with van der Waals surface area (Å²) in [6, 6.07) is 8.00. The number of ether oxygens (including phenoxy) is 2. The van der Waals surface area contributed by atoms with Crippen LogP contribution in [-0.2, 0) is 11.3 Å². The Hall–Kier alpha value is -1.79. The average Bonchev–Trinajstić information content (AvgIpc) is 2.65. The van der Waals surface area contributed by atoms with Gasteiger partial charge in [-0.3, -0.25) is 4.90 Å². The van der Waals surface area contributed by atoms with Gasteiger partial charge in [0, 0.05) is 38.3 Å². The predicted molar refractivity (Wildman–Crippen MR) is 102 cm³/mol. The van der Waals surface area contributed by atoms with E-state index in [2.05, 4.69) is 29.4 Å². The Morgan fingerprint density at radius 3 is 2.76 bits per heavy atom. The maximum Gasteiger partial charge on any atom is 0.191 e. The zero-order chi connectivity index (χ0) is 17.9. The molecule has 2 N–H and O–H groups in total. The van der Waals surface area contributed by atoms with E-state index in [9.17, 15) is 0 Å². The fourth-order valence-corrected chi connectivity index (χ4v) is 2.90. The summed E-state index contributed by atoms with van der Waals surface area (Å²) in [5.74, 6) is 2.28. The molecule has 1 aromatic rings. The maximum atomic E-state index is 5.41. The quantitative estimate of drug-likeness (QED) is 0.553. The summed E-state index contributed by atoms with van der Waals surface area (Å²) < 4.78 is 10.8. The molecule has 0 saturated carbocycles. The lowest BCUT2D eigenvalue weighted by Gasteiger charge is -2.29. The molecule has 6 nitrogen and oxygen atoms in total. The molecule has 6 heteroatoms. The number of morpholine rings is 1. The number of benzene rings is 1. The van der Waals surface area contributed by atoms with Gasteiger partial charge in [0.2, 0.25) is 0 Å². The fraction of sp³-hybridized carbons (Fsp3) is 0.632. The Balaban J connectivity index is 1.84. The smallest absolute Gasteiger partial charge is 0.191 e. The normalized spacial score (nSPS) is 17.2. The van der Waals surface area contributed by atoms with Crippen molar-refractivity contribution in [2.45, 2.75) is 20.4 Å². The van der Waals surface area contributed by atoms with E-state index in [0.717, 1.165) is 63.2 Å². The highest BCUT2D eigenvalue weighted by Crippen LogP contribution is 2.17. The molecule has 140 valence electrons. The van der Waals surface area contributed by atoms with E-state index >= 15 is 0 Å². The summed E-state index contributed by atoms with van der Waals surface area (Å²) in [5.41, 5.74) is 1.09. The van der Waals surface area contributed by atoms with E-state index in [1.54, 1.807) is 7.11 Å². The Bertz CT molecular complexity index is 530. The van der Waals surface area contributed by atoms with Crippen LogP contribution in [0.2, 0.25) is 0 Å². The molecule has 0 bridgehead atoms. The minimum Gasteiger partial charge on any atom is -0.496 e. The number of hydrogen-bond donors (Lipinski definition) is 2. The van der Waals surface area contributed by atoms with Crippen molar-refractivity contribution in [3.63, 3.8) is 0 Å². The van der Waals surface area contributed by atoms with Crippen LogP contribution in [0.25, 0.3) is 0 Å². The highest BCUT2D eigenvalue weighted by atomic mass is 16.5. The number of nitrogens with zero attached hydrogens (tertiary/aromatic N) is 2. The Labute approximate surface area is 151 Å². The lowest BCUT2D eigenvalue weighted by Crippen LogP contribution is -2.44. The molecule has 1 atom stereocenters. The lowest BCUT2D eigenvalue weighted by molar-refractivity contribution is 0.0320. The highest BCUT2D eigenvalue weighted by molar-refractivity contribution is 5.79. The third-order valence-electron chi connectivity index (χ3n) is 4.24. The van der Waals surface area contributed by atoms with Gasteiger partial charge in [0.25, 0.3) is 0 Å². The van der Waals surface area contributed by atoms with Crippen LogP contribution in [-0.4, -0.2) is 63.9 Å². The molecular formula is C19H32N4O2. The Morgan fingerprint density at radius 2 is 2.04 bits per heavy atom. The molecule has 2 rings (SSSR count). The zero-order valence-electron chi connectivity index (χ0n) is 15.8. The molecule has 1 unspecified atom stereocenters. The first kappa shape index (κ1) is 19.5. The van der Waals surface area contributed by atoms with Crippen LogP contribution < -0.4 is 15.4 Å². The van der Waals surface area contributed by atoms with E-state index in [0.29, 0.717) is 12.5 Å². The summed E-state index contributed by atoms with van der Waals surface area (Å²) in [4.78, 5) is 7.16.